The zero-order chi connectivity index (χ0) is 22.3. The van der Waals surface area contributed by atoms with Crippen molar-refractivity contribution in [3.05, 3.63) is 29.6 Å². The molecule has 1 aromatic carbocycles. The van der Waals surface area contributed by atoms with Gasteiger partial charge in [0, 0.05) is 25.0 Å². The highest BCUT2D eigenvalue weighted by molar-refractivity contribution is 7.99. The molecule has 172 valence electrons. The minimum atomic E-state index is -4.46. The number of piperidine rings is 1. The Morgan fingerprint density at radius 1 is 1.09 bits per heavy atom. The average Bonchev–Trinajstić information content (AvgIpc) is 3.71. The average molecular weight is 466 g/mol. The third-order valence-electron chi connectivity index (χ3n) is 6.17. The predicted molar refractivity (Wildman–Crippen MR) is 117 cm³/mol. The molecule has 0 bridgehead atoms. The van der Waals surface area contributed by atoms with Gasteiger partial charge in [0.2, 0.25) is 5.91 Å². The number of halogens is 3. The first-order chi connectivity index (χ1) is 15.4. The molecule has 1 aliphatic heterocycles. The fraction of sp³-hybridized carbons (Fsp3) is 0.591. The Morgan fingerprint density at radius 3 is 2.50 bits per heavy atom. The maximum atomic E-state index is 13.3. The number of amides is 1. The SMILES string of the molecule is O=C(CSc1nnc(C2CC2)n1C1CC1)Nc1cc(C(F)(F)F)ccc1N1CCCCC1. The van der Waals surface area contributed by atoms with E-state index in [0.29, 0.717) is 17.6 Å². The summed E-state index contributed by atoms with van der Waals surface area (Å²) in [6, 6.07) is 4.03. The highest BCUT2D eigenvalue weighted by Crippen LogP contribution is 2.46. The van der Waals surface area contributed by atoms with Crippen LogP contribution in [0.2, 0.25) is 0 Å². The van der Waals surface area contributed by atoms with Gasteiger partial charge in [-0.1, -0.05) is 11.8 Å². The van der Waals surface area contributed by atoms with Crippen LogP contribution in [-0.2, 0) is 11.0 Å². The summed E-state index contributed by atoms with van der Waals surface area (Å²) in [5.41, 5.74) is 0.103. The van der Waals surface area contributed by atoms with Gasteiger partial charge in [-0.3, -0.25) is 4.79 Å². The number of carbonyl (C=O) groups excluding carboxylic acids is 1. The van der Waals surface area contributed by atoms with E-state index in [1.807, 2.05) is 0 Å². The van der Waals surface area contributed by atoms with Crippen LogP contribution in [0.3, 0.4) is 0 Å². The lowest BCUT2D eigenvalue weighted by molar-refractivity contribution is -0.137. The number of benzene rings is 1. The van der Waals surface area contributed by atoms with E-state index >= 15 is 0 Å². The summed E-state index contributed by atoms with van der Waals surface area (Å²) in [6.07, 6.45) is 3.08. The summed E-state index contributed by atoms with van der Waals surface area (Å²) in [4.78, 5) is 14.8. The lowest BCUT2D eigenvalue weighted by atomic mass is 10.1. The molecular weight excluding hydrogens is 439 g/mol. The fourth-order valence-corrected chi connectivity index (χ4v) is 5.03. The van der Waals surface area contributed by atoms with Crippen molar-refractivity contribution < 1.29 is 18.0 Å². The monoisotopic (exact) mass is 465 g/mol. The molecule has 10 heteroatoms. The maximum Gasteiger partial charge on any atom is 0.416 e. The Hall–Kier alpha value is -2.23. The molecule has 0 radical (unpaired) electrons. The van der Waals surface area contributed by atoms with E-state index in [-0.39, 0.29) is 17.3 Å². The molecule has 3 aliphatic rings. The standard InChI is InChI=1S/C22H26F3N5OS/c23-22(24,25)15-6-9-18(29-10-2-1-3-11-29)17(12-15)26-19(31)13-32-21-28-27-20(14-4-5-14)30(21)16-7-8-16/h6,9,12,14,16H,1-5,7-8,10-11,13H2,(H,26,31). The number of anilines is 2. The summed E-state index contributed by atoms with van der Waals surface area (Å²) < 4.78 is 42.1. The largest absolute Gasteiger partial charge is 0.416 e. The van der Waals surface area contributed by atoms with Crippen molar-refractivity contribution in [2.75, 3.05) is 29.1 Å². The molecule has 5 rings (SSSR count). The Balaban J connectivity index is 1.31. The van der Waals surface area contributed by atoms with Crippen molar-refractivity contribution in [1.29, 1.82) is 0 Å². The first kappa shape index (κ1) is 21.6. The van der Waals surface area contributed by atoms with E-state index in [2.05, 4.69) is 25.0 Å². The second kappa shape index (κ2) is 8.61. The summed E-state index contributed by atoms with van der Waals surface area (Å²) in [5.74, 6) is 1.22. The van der Waals surface area contributed by atoms with Crippen molar-refractivity contribution in [3.8, 4) is 0 Å². The van der Waals surface area contributed by atoms with Gasteiger partial charge in [-0.2, -0.15) is 13.2 Å². The number of thioether (sulfide) groups is 1. The summed E-state index contributed by atoms with van der Waals surface area (Å²) >= 11 is 1.30. The molecule has 2 aliphatic carbocycles. The van der Waals surface area contributed by atoms with Gasteiger partial charge in [0.25, 0.3) is 0 Å². The number of carbonyl (C=O) groups is 1. The van der Waals surface area contributed by atoms with Crippen molar-refractivity contribution in [2.24, 2.45) is 0 Å². The van der Waals surface area contributed by atoms with E-state index in [0.717, 1.165) is 81.1 Å². The molecule has 0 atom stereocenters. The van der Waals surface area contributed by atoms with Gasteiger partial charge in [0.15, 0.2) is 5.16 Å². The van der Waals surface area contributed by atoms with Gasteiger partial charge >= 0.3 is 6.18 Å². The number of aromatic nitrogens is 3. The van der Waals surface area contributed by atoms with Crippen LogP contribution in [0.25, 0.3) is 0 Å². The van der Waals surface area contributed by atoms with Gasteiger partial charge in [-0.25, -0.2) is 0 Å². The van der Waals surface area contributed by atoms with Gasteiger partial charge in [0.1, 0.15) is 5.82 Å². The van der Waals surface area contributed by atoms with Crippen LogP contribution in [0.15, 0.2) is 23.4 Å². The lowest BCUT2D eigenvalue weighted by Gasteiger charge is -2.31. The maximum absolute atomic E-state index is 13.3. The third kappa shape index (κ3) is 4.74. The highest BCUT2D eigenvalue weighted by Gasteiger charge is 2.36. The first-order valence-electron chi connectivity index (χ1n) is 11.2. The molecule has 1 N–H and O–H groups in total. The van der Waals surface area contributed by atoms with Gasteiger partial charge < -0.3 is 14.8 Å². The number of hydrogen-bond donors (Lipinski definition) is 1. The van der Waals surface area contributed by atoms with Crippen LogP contribution < -0.4 is 10.2 Å². The van der Waals surface area contributed by atoms with Gasteiger partial charge in [-0.15, -0.1) is 10.2 Å². The zero-order valence-corrected chi connectivity index (χ0v) is 18.5. The van der Waals surface area contributed by atoms with E-state index in [9.17, 15) is 18.0 Å². The molecular formula is C22H26F3N5OS. The minimum absolute atomic E-state index is 0.0746. The summed E-state index contributed by atoms with van der Waals surface area (Å²) in [5, 5.41) is 12.1. The summed E-state index contributed by atoms with van der Waals surface area (Å²) in [7, 11) is 0. The molecule has 2 saturated carbocycles. The minimum Gasteiger partial charge on any atom is -0.370 e. The molecule has 32 heavy (non-hydrogen) atoms. The van der Waals surface area contributed by atoms with Gasteiger partial charge in [0.05, 0.1) is 22.7 Å². The molecule has 1 aromatic heterocycles. The third-order valence-corrected chi connectivity index (χ3v) is 7.12. The Bertz CT molecular complexity index is 994. The second-order valence-corrected chi connectivity index (χ2v) is 9.77. The molecule has 0 unspecified atom stereocenters. The van der Waals surface area contributed by atoms with Crippen molar-refractivity contribution in [3.63, 3.8) is 0 Å². The van der Waals surface area contributed by atoms with Crippen LogP contribution in [-0.4, -0.2) is 39.5 Å². The molecule has 1 amide bonds. The summed E-state index contributed by atoms with van der Waals surface area (Å²) in [6.45, 7) is 1.55. The predicted octanol–water partition coefficient (Wildman–Crippen LogP) is 5.23. The number of nitrogens with one attached hydrogen (secondary N) is 1. The van der Waals surface area contributed by atoms with E-state index in [1.165, 1.54) is 17.8 Å². The molecule has 2 heterocycles. The second-order valence-electron chi connectivity index (χ2n) is 8.83. The number of nitrogens with zero attached hydrogens (tertiary/aromatic N) is 4. The van der Waals surface area contributed by atoms with Crippen LogP contribution in [0, 0.1) is 0 Å². The van der Waals surface area contributed by atoms with Crippen LogP contribution >= 0.6 is 11.8 Å². The quantitative estimate of drug-likeness (QED) is 0.568. The Kier molecular flexibility index (Phi) is 5.81. The molecule has 2 aromatic rings. The lowest BCUT2D eigenvalue weighted by Crippen LogP contribution is -2.30. The smallest absolute Gasteiger partial charge is 0.370 e. The zero-order valence-electron chi connectivity index (χ0n) is 17.7. The van der Waals surface area contributed by atoms with Gasteiger partial charge in [-0.05, 0) is 63.1 Å². The van der Waals surface area contributed by atoms with E-state index in [1.54, 1.807) is 0 Å². The normalized spacial score (nSPS) is 19.3. The van der Waals surface area contributed by atoms with Crippen LogP contribution in [0.5, 0.6) is 0 Å². The van der Waals surface area contributed by atoms with Crippen LogP contribution in [0.4, 0.5) is 24.5 Å². The van der Waals surface area contributed by atoms with Crippen molar-refractivity contribution in [1.82, 2.24) is 14.8 Å². The van der Waals surface area contributed by atoms with E-state index < -0.39 is 11.7 Å². The Labute approximate surface area is 188 Å². The fourth-order valence-electron chi connectivity index (χ4n) is 4.22. The topological polar surface area (TPSA) is 63.1 Å². The molecule has 6 nitrogen and oxygen atoms in total. The first-order valence-corrected chi connectivity index (χ1v) is 12.2. The van der Waals surface area contributed by atoms with E-state index in [4.69, 9.17) is 0 Å². The number of alkyl halides is 3. The van der Waals surface area contributed by atoms with Crippen molar-refractivity contribution in [2.45, 2.75) is 68.2 Å². The van der Waals surface area contributed by atoms with Crippen molar-refractivity contribution >= 4 is 29.0 Å². The highest BCUT2D eigenvalue weighted by atomic mass is 32.2. The number of hydrogen-bond acceptors (Lipinski definition) is 5. The molecule has 0 spiro atoms. The molecule has 1 saturated heterocycles. The number of rotatable bonds is 7. The Morgan fingerprint density at radius 2 is 1.84 bits per heavy atom. The van der Waals surface area contributed by atoms with Crippen LogP contribution in [0.1, 0.15) is 68.3 Å². The molecule has 3 fully saturated rings.